The zero-order valence-corrected chi connectivity index (χ0v) is 13.6. The summed E-state index contributed by atoms with van der Waals surface area (Å²) in [6.07, 6.45) is 0. The minimum atomic E-state index is 0.178. The summed E-state index contributed by atoms with van der Waals surface area (Å²) in [6, 6.07) is 8.82. The maximum Gasteiger partial charge on any atom is 0.123 e. The number of hydrogen-bond acceptors (Lipinski definition) is 2. The van der Waals surface area contributed by atoms with Gasteiger partial charge < -0.3 is 0 Å². The average Bonchev–Trinajstić information content (AvgIpc) is 2.71. The molecule has 0 aliphatic rings. The van der Waals surface area contributed by atoms with Crippen LogP contribution in [-0.4, -0.2) is 4.98 Å². The lowest BCUT2D eigenvalue weighted by Gasteiger charge is -2.16. The number of hydrogen-bond donors (Lipinski definition) is 0. The predicted molar refractivity (Wildman–Crippen MR) is 85.1 cm³/mol. The second kappa shape index (κ2) is 5.09. The van der Waals surface area contributed by atoms with Crippen molar-refractivity contribution in [1.82, 2.24) is 4.98 Å². The second-order valence-corrected chi connectivity index (χ2v) is 7.46. The molecule has 2 heteroatoms. The Bertz CT molecular complexity index is 556. The number of benzene rings is 1. The quantitative estimate of drug-likeness (QED) is 0.700. The molecule has 1 nitrogen and oxygen atoms in total. The SMILES string of the molecule is Cc1nc(-c2ccc(C(C)C)cc2)sc1C(C)(C)C. The molecule has 0 amide bonds. The van der Waals surface area contributed by atoms with Gasteiger partial charge in [-0.25, -0.2) is 4.98 Å². The van der Waals surface area contributed by atoms with Crippen LogP contribution in [0.15, 0.2) is 24.3 Å². The summed E-state index contributed by atoms with van der Waals surface area (Å²) in [5.41, 5.74) is 3.96. The Kier molecular flexibility index (Phi) is 3.82. The third-order valence-electron chi connectivity index (χ3n) is 3.30. The molecular formula is C17H23NS. The lowest BCUT2D eigenvalue weighted by molar-refractivity contribution is 0.598. The van der Waals surface area contributed by atoms with Crippen LogP contribution in [0.1, 0.15) is 56.7 Å². The van der Waals surface area contributed by atoms with Crippen molar-refractivity contribution < 1.29 is 0 Å². The van der Waals surface area contributed by atoms with Gasteiger partial charge >= 0.3 is 0 Å². The van der Waals surface area contributed by atoms with Crippen LogP contribution >= 0.6 is 11.3 Å². The van der Waals surface area contributed by atoms with E-state index in [0.717, 1.165) is 5.01 Å². The summed E-state index contributed by atoms with van der Waals surface area (Å²) in [5, 5.41) is 1.14. The maximum absolute atomic E-state index is 4.74. The van der Waals surface area contributed by atoms with E-state index in [1.54, 1.807) is 0 Å². The molecule has 0 aliphatic carbocycles. The highest BCUT2D eigenvalue weighted by atomic mass is 32.1. The van der Waals surface area contributed by atoms with Gasteiger partial charge in [-0.1, -0.05) is 58.9 Å². The Morgan fingerprint density at radius 2 is 1.63 bits per heavy atom. The molecule has 0 saturated carbocycles. The first-order valence-electron chi connectivity index (χ1n) is 6.87. The molecule has 0 fully saturated rings. The molecule has 1 aromatic heterocycles. The number of aromatic nitrogens is 1. The van der Waals surface area contributed by atoms with E-state index in [-0.39, 0.29) is 5.41 Å². The summed E-state index contributed by atoms with van der Waals surface area (Å²) in [4.78, 5) is 6.13. The molecule has 2 rings (SSSR count). The number of nitrogens with zero attached hydrogens (tertiary/aromatic N) is 1. The van der Waals surface area contributed by atoms with Gasteiger partial charge in [-0.2, -0.15) is 0 Å². The van der Waals surface area contributed by atoms with E-state index in [2.05, 4.69) is 65.8 Å². The van der Waals surface area contributed by atoms with E-state index in [4.69, 9.17) is 4.98 Å². The van der Waals surface area contributed by atoms with Gasteiger partial charge in [0, 0.05) is 10.4 Å². The Balaban J connectivity index is 2.37. The van der Waals surface area contributed by atoms with Gasteiger partial charge in [-0.05, 0) is 23.8 Å². The fourth-order valence-electron chi connectivity index (χ4n) is 2.23. The zero-order valence-electron chi connectivity index (χ0n) is 12.7. The molecule has 0 aliphatic heterocycles. The highest BCUT2D eigenvalue weighted by Crippen LogP contribution is 2.35. The smallest absolute Gasteiger partial charge is 0.123 e. The molecule has 0 bridgehead atoms. The van der Waals surface area contributed by atoms with Crippen molar-refractivity contribution in [1.29, 1.82) is 0 Å². The van der Waals surface area contributed by atoms with Crippen molar-refractivity contribution in [3.8, 4) is 10.6 Å². The van der Waals surface area contributed by atoms with Gasteiger partial charge in [0.2, 0.25) is 0 Å². The first-order chi connectivity index (χ1) is 8.79. The van der Waals surface area contributed by atoms with E-state index in [1.807, 2.05) is 11.3 Å². The van der Waals surface area contributed by atoms with E-state index in [9.17, 15) is 0 Å². The van der Waals surface area contributed by atoms with Crippen LogP contribution in [0.25, 0.3) is 10.6 Å². The van der Waals surface area contributed by atoms with Crippen molar-refractivity contribution >= 4 is 11.3 Å². The van der Waals surface area contributed by atoms with Crippen LogP contribution in [0.2, 0.25) is 0 Å². The monoisotopic (exact) mass is 273 g/mol. The Hall–Kier alpha value is -1.15. The standard InChI is InChI=1S/C17H23NS/c1-11(2)13-7-9-14(10-8-13)16-18-12(3)15(19-16)17(4,5)6/h7-11H,1-6H3. The van der Waals surface area contributed by atoms with E-state index < -0.39 is 0 Å². The van der Waals surface area contributed by atoms with Crippen LogP contribution in [0.4, 0.5) is 0 Å². The van der Waals surface area contributed by atoms with E-state index in [0.29, 0.717) is 5.92 Å². The third kappa shape index (κ3) is 3.06. The molecule has 0 saturated heterocycles. The summed E-state index contributed by atoms with van der Waals surface area (Å²) < 4.78 is 0. The molecule has 0 radical (unpaired) electrons. The molecule has 19 heavy (non-hydrogen) atoms. The van der Waals surface area contributed by atoms with Gasteiger partial charge in [0.25, 0.3) is 0 Å². The zero-order chi connectivity index (χ0) is 14.2. The second-order valence-electron chi connectivity index (χ2n) is 6.46. The summed E-state index contributed by atoms with van der Waals surface area (Å²) >= 11 is 1.82. The third-order valence-corrected chi connectivity index (χ3v) is 4.93. The predicted octanol–water partition coefficient (Wildman–Crippen LogP) is 5.54. The van der Waals surface area contributed by atoms with Gasteiger partial charge in [-0.15, -0.1) is 11.3 Å². The number of thiazole rings is 1. The molecular weight excluding hydrogens is 250 g/mol. The maximum atomic E-state index is 4.74. The molecule has 0 N–H and O–H groups in total. The first kappa shape index (κ1) is 14.3. The van der Waals surface area contributed by atoms with Gasteiger partial charge in [0.05, 0.1) is 5.69 Å². The van der Waals surface area contributed by atoms with Crippen molar-refractivity contribution in [3.05, 3.63) is 40.4 Å². The van der Waals surface area contributed by atoms with Crippen LogP contribution < -0.4 is 0 Å². The minimum Gasteiger partial charge on any atom is -0.241 e. The first-order valence-corrected chi connectivity index (χ1v) is 7.69. The number of aryl methyl sites for hydroxylation is 1. The van der Waals surface area contributed by atoms with Crippen LogP contribution in [0.5, 0.6) is 0 Å². The fraction of sp³-hybridized carbons (Fsp3) is 0.471. The van der Waals surface area contributed by atoms with Gasteiger partial charge in [-0.3, -0.25) is 0 Å². The average molecular weight is 273 g/mol. The molecule has 0 atom stereocenters. The van der Waals surface area contributed by atoms with Gasteiger partial charge in [0.15, 0.2) is 0 Å². The molecule has 1 aromatic carbocycles. The minimum absolute atomic E-state index is 0.178. The summed E-state index contributed by atoms with van der Waals surface area (Å²) in [5.74, 6) is 0.581. The van der Waals surface area contributed by atoms with Crippen molar-refractivity contribution in [2.24, 2.45) is 0 Å². The summed E-state index contributed by atoms with van der Waals surface area (Å²) in [7, 11) is 0. The lowest BCUT2D eigenvalue weighted by Crippen LogP contribution is -2.10. The van der Waals surface area contributed by atoms with E-state index in [1.165, 1.54) is 21.7 Å². The number of rotatable bonds is 2. The van der Waals surface area contributed by atoms with Crippen molar-refractivity contribution in [2.75, 3.05) is 0 Å². The normalized spacial score (nSPS) is 12.2. The van der Waals surface area contributed by atoms with Crippen molar-refractivity contribution in [3.63, 3.8) is 0 Å². The van der Waals surface area contributed by atoms with Crippen molar-refractivity contribution in [2.45, 2.75) is 52.9 Å². The van der Waals surface area contributed by atoms with Gasteiger partial charge in [0.1, 0.15) is 5.01 Å². The molecule has 0 unspecified atom stereocenters. The molecule has 1 heterocycles. The van der Waals surface area contributed by atoms with Crippen LogP contribution in [0, 0.1) is 6.92 Å². The largest absolute Gasteiger partial charge is 0.241 e. The summed E-state index contributed by atoms with van der Waals surface area (Å²) in [6.45, 7) is 13.3. The Morgan fingerprint density at radius 1 is 1.05 bits per heavy atom. The highest BCUT2D eigenvalue weighted by Gasteiger charge is 2.21. The Labute approximate surface area is 120 Å². The van der Waals surface area contributed by atoms with E-state index >= 15 is 0 Å². The Morgan fingerprint density at radius 3 is 2.05 bits per heavy atom. The fourth-order valence-corrected chi connectivity index (χ4v) is 3.36. The van der Waals surface area contributed by atoms with Crippen LogP contribution in [0.3, 0.4) is 0 Å². The highest BCUT2D eigenvalue weighted by molar-refractivity contribution is 7.15. The topological polar surface area (TPSA) is 12.9 Å². The molecule has 2 aromatic rings. The van der Waals surface area contributed by atoms with Crippen LogP contribution in [-0.2, 0) is 5.41 Å². The molecule has 0 spiro atoms. The molecule has 102 valence electrons. The lowest BCUT2D eigenvalue weighted by atomic mass is 9.93.